The molecule has 4 aliphatic heterocycles. The van der Waals surface area contributed by atoms with Crippen molar-refractivity contribution in [2.24, 2.45) is 22.4 Å². The van der Waals surface area contributed by atoms with Gasteiger partial charge in [0, 0.05) is 18.7 Å². The van der Waals surface area contributed by atoms with Gasteiger partial charge in [0.25, 0.3) is 0 Å². The van der Waals surface area contributed by atoms with Crippen molar-refractivity contribution in [1.29, 1.82) is 0 Å². The summed E-state index contributed by atoms with van der Waals surface area (Å²) in [4.78, 5) is 4.50. The third kappa shape index (κ3) is 14.1. The van der Waals surface area contributed by atoms with Crippen molar-refractivity contribution in [2.45, 2.75) is 208 Å². The van der Waals surface area contributed by atoms with Crippen molar-refractivity contribution >= 4 is 6.21 Å². The van der Waals surface area contributed by atoms with Crippen molar-refractivity contribution in [3.8, 4) is 0 Å². The average molecular weight is 948 g/mol. The lowest BCUT2D eigenvalue weighted by Gasteiger charge is -2.47. The smallest absolute Gasteiger partial charge is 0.187 e. The van der Waals surface area contributed by atoms with E-state index in [1.807, 2.05) is 13.0 Å². The lowest BCUT2D eigenvalue weighted by Crippen LogP contribution is -2.67. The standard InChI is InChI=1S/C45H77N3O18/c1-21(2)8-6-9-22(3)10-7-11-23(4)14-15-48-17-27-40(65-44-37(57)36(56)34(54)29(19-50)61-44)35(55)32(47)43(60-27)64-41-30(20-51)62-45(38(41)58)66-42-33(53)24(5)16-25(46)39(42)63-31-13-12-26(52)28(18-49)59-31/h8,10,14-15,24-45,49-58H,6-7,9,11-13,16-20,46-47H2,1-5H3/b22-10+,23-14+,48-15?. The summed E-state index contributed by atoms with van der Waals surface area (Å²) in [6, 6.07) is -2.09. The molecule has 0 radical (unpaired) electrons. The maximum absolute atomic E-state index is 11.7. The Hall–Kier alpha value is -1.91. The molecule has 22 atom stereocenters. The van der Waals surface area contributed by atoms with Crippen LogP contribution in [0.2, 0.25) is 0 Å². The molecule has 0 aromatic carbocycles. The van der Waals surface area contributed by atoms with Crippen molar-refractivity contribution in [3.05, 3.63) is 34.9 Å². The van der Waals surface area contributed by atoms with Crippen LogP contribution < -0.4 is 11.5 Å². The van der Waals surface area contributed by atoms with Gasteiger partial charge in [-0.15, -0.1) is 0 Å². The van der Waals surface area contributed by atoms with Crippen LogP contribution in [0.25, 0.3) is 0 Å². The molecule has 0 aromatic heterocycles. The second-order valence-electron chi connectivity index (χ2n) is 18.7. The Labute approximate surface area is 386 Å². The molecule has 0 bridgehead atoms. The van der Waals surface area contributed by atoms with Crippen LogP contribution >= 0.6 is 0 Å². The van der Waals surface area contributed by atoms with Gasteiger partial charge in [0.1, 0.15) is 79.4 Å². The van der Waals surface area contributed by atoms with Gasteiger partial charge in [0.2, 0.25) is 0 Å². The van der Waals surface area contributed by atoms with E-state index in [4.69, 9.17) is 49.4 Å². The molecule has 1 saturated carbocycles. The van der Waals surface area contributed by atoms with Crippen molar-refractivity contribution in [3.63, 3.8) is 0 Å². The molecule has 4 saturated heterocycles. The normalized spacial score (nSPS) is 44.0. The zero-order valence-electron chi connectivity index (χ0n) is 38.6. The summed E-state index contributed by atoms with van der Waals surface area (Å²) in [7, 11) is 0. The number of aliphatic imine (C=N–C) groups is 1. The van der Waals surface area contributed by atoms with Crippen LogP contribution in [-0.2, 0) is 37.9 Å². The third-order valence-corrected chi connectivity index (χ3v) is 13.0. The molecule has 0 aromatic rings. The fraction of sp³-hybridized carbons (Fsp3) is 0.844. The number of ether oxygens (including phenoxy) is 8. The second kappa shape index (κ2) is 25.8. The lowest BCUT2D eigenvalue weighted by atomic mass is 9.80. The quantitative estimate of drug-likeness (QED) is 0.0459. The Morgan fingerprint density at radius 1 is 0.591 bits per heavy atom. The Kier molecular flexibility index (Phi) is 21.5. The zero-order chi connectivity index (χ0) is 48.4. The highest BCUT2D eigenvalue weighted by atomic mass is 16.8. The number of nitrogens with two attached hydrogens (primary N) is 2. The molecule has 14 N–H and O–H groups in total. The Balaban J connectivity index is 1.30. The van der Waals surface area contributed by atoms with Gasteiger partial charge in [0.05, 0.1) is 44.6 Å². The monoisotopic (exact) mass is 948 g/mol. The fourth-order valence-electron chi connectivity index (χ4n) is 8.91. The molecule has 21 nitrogen and oxygen atoms in total. The molecule has 22 unspecified atom stereocenters. The van der Waals surface area contributed by atoms with Gasteiger partial charge >= 0.3 is 0 Å². The summed E-state index contributed by atoms with van der Waals surface area (Å²) in [6.07, 6.45) is -13.4. The van der Waals surface area contributed by atoms with Crippen molar-refractivity contribution in [2.75, 3.05) is 26.4 Å². The first-order chi connectivity index (χ1) is 31.4. The van der Waals surface area contributed by atoms with E-state index in [2.05, 4.69) is 37.9 Å². The van der Waals surface area contributed by atoms with Crippen molar-refractivity contribution < 1.29 is 89.0 Å². The van der Waals surface area contributed by atoms with Crippen LogP contribution in [0.4, 0.5) is 0 Å². The first-order valence-electron chi connectivity index (χ1n) is 23.2. The molecule has 0 spiro atoms. The topological polar surface area (TPSA) is 341 Å². The van der Waals surface area contributed by atoms with Gasteiger partial charge in [-0.25, -0.2) is 0 Å². The van der Waals surface area contributed by atoms with Crippen LogP contribution in [0, 0.1) is 5.92 Å². The maximum atomic E-state index is 11.7. The second-order valence-corrected chi connectivity index (χ2v) is 18.7. The van der Waals surface area contributed by atoms with E-state index in [1.54, 1.807) is 13.1 Å². The van der Waals surface area contributed by atoms with Gasteiger partial charge in [-0.1, -0.05) is 35.8 Å². The van der Waals surface area contributed by atoms with Gasteiger partial charge in [-0.2, -0.15) is 0 Å². The average Bonchev–Trinajstić information content (AvgIpc) is 3.58. The minimum Gasteiger partial charge on any atom is -0.394 e. The fourth-order valence-corrected chi connectivity index (χ4v) is 8.91. The van der Waals surface area contributed by atoms with Crippen LogP contribution in [0.1, 0.15) is 79.6 Å². The highest BCUT2D eigenvalue weighted by molar-refractivity contribution is 5.72. The zero-order valence-corrected chi connectivity index (χ0v) is 38.6. The molecule has 5 fully saturated rings. The predicted molar refractivity (Wildman–Crippen MR) is 235 cm³/mol. The van der Waals surface area contributed by atoms with Gasteiger partial charge in [-0.3, -0.25) is 4.99 Å². The molecule has 21 heteroatoms. The largest absolute Gasteiger partial charge is 0.394 e. The number of hydrogen-bond acceptors (Lipinski definition) is 21. The molecule has 380 valence electrons. The molecular weight excluding hydrogens is 870 g/mol. The number of allylic oxidation sites excluding steroid dienone is 6. The number of rotatable bonds is 20. The minimum absolute atomic E-state index is 0.167. The lowest BCUT2D eigenvalue weighted by molar-refractivity contribution is -0.348. The summed E-state index contributed by atoms with van der Waals surface area (Å²) in [5, 5.41) is 106. The van der Waals surface area contributed by atoms with Gasteiger partial charge in [-0.05, 0) is 78.2 Å². The van der Waals surface area contributed by atoms with Crippen LogP contribution in [-0.4, -0.2) is 212 Å². The number of aliphatic hydroxyl groups is 10. The first kappa shape index (κ1) is 55.0. The minimum atomic E-state index is -1.81. The summed E-state index contributed by atoms with van der Waals surface area (Å²) >= 11 is 0. The van der Waals surface area contributed by atoms with E-state index >= 15 is 0 Å². The molecule has 5 rings (SSSR count). The highest BCUT2D eigenvalue weighted by Gasteiger charge is 2.55. The SMILES string of the molecule is CC(C)=CCC/C(C)=C/CC/C(C)=C/C=NCC1OC(OC2C(CO)OC(OC3C(O)C(C)CC(N)C3OC3CCC(O)C(CO)O3)C2O)C(N)C(O)C1OC1OC(CO)C(O)C(O)C1O. The van der Waals surface area contributed by atoms with E-state index in [-0.39, 0.29) is 25.3 Å². The maximum Gasteiger partial charge on any atom is 0.187 e. The molecule has 5 aliphatic rings. The van der Waals surface area contributed by atoms with Gasteiger partial charge in [0.15, 0.2) is 25.2 Å². The summed E-state index contributed by atoms with van der Waals surface area (Å²) in [5.74, 6) is -0.371. The van der Waals surface area contributed by atoms with Gasteiger partial charge < -0.3 is 100 Å². The Morgan fingerprint density at radius 3 is 1.86 bits per heavy atom. The number of aliphatic hydroxyl groups excluding tert-OH is 10. The Morgan fingerprint density at radius 2 is 1.18 bits per heavy atom. The first-order valence-corrected chi connectivity index (χ1v) is 23.2. The van der Waals surface area contributed by atoms with E-state index in [1.165, 1.54) is 11.1 Å². The van der Waals surface area contributed by atoms with E-state index < -0.39 is 149 Å². The molecule has 0 amide bonds. The Bertz CT molecular complexity index is 1600. The molecular formula is C45H77N3O18. The molecule has 4 heterocycles. The van der Waals surface area contributed by atoms with Crippen LogP contribution in [0.5, 0.6) is 0 Å². The molecule has 1 aliphatic carbocycles. The van der Waals surface area contributed by atoms with Crippen LogP contribution in [0.15, 0.2) is 39.9 Å². The van der Waals surface area contributed by atoms with E-state index in [0.29, 0.717) is 6.42 Å². The number of nitrogens with zero attached hydrogens (tertiary/aromatic N) is 1. The number of hydrogen-bond donors (Lipinski definition) is 12. The van der Waals surface area contributed by atoms with Crippen molar-refractivity contribution in [1.82, 2.24) is 0 Å². The third-order valence-electron chi connectivity index (χ3n) is 13.0. The summed E-state index contributed by atoms with van der Waals surface area (Å²) in [6.45, 7) is 8.01. The molecule has 66 heavy (non-hydrogen) atoms. The van der Waals surface area contributed by atoms with E-state index in [9.17, 15) is 51.1 Å². The predicted octanol–water partition coefficient (Wildman–Crippen LogP) is -2.11. The highest BCUT2D eigenvalue weighted by Crippen LogP contribution is 2.37. The summed E-state index contributed by atoms with van der Waals surface area (Å²) < 4.78 is 48.1. The summed E-state index contributed by atoms with van der Waals surface area (Å²) in [5.41, 5.74) is 16.7. The van der Waals surface area contributed by atoms with E-state index in [0.717, 1.165) is 31.3 Å². The van der Waals surface area contributed by atoms with Crippen LogP contribution in [0.3, 0.4) is 0 Å².